The predicted octanol–water partition coefficient (Wildman–Crippen LogP) is 2.38. The topological polar surface area (TPSA) is 76.2 Å². The van der Waals surface area contributed by atoms with Gasteiger partial charge in [0, 0.05) is 18.6 Å². The molecule has 0 spiro atoms. The first-order valence-electron chi connectivity index (χ1n) is 9.26. The van der Waals surface area contributed by atoms with E-state index in [1.807, 2.05) is 33.8 Å². The summed E-state index contributed by atoms with van der Waals surface area (Å²) in [5.74, 6) is -0.337. The number of nitrogens with zero attached hydrogens (tertiary/aromatic N) is 2. The number of carbonyl (C=O) groups is 3. The molecule has 1 aliphatic heterocycles. The van der Waals surface area contributed by atoms with Gasteiger partial charge in [-0.3, -0.25) is 14.4 Å². The van der Waals surface area contributed by atoms with Crippen LogP contribution in [0.15, 0.2) is 24.3 Å². The van der Waals surface area contributed by atoms with Gasteiger partial charge < -0.3 is 19.3 Å². The van der Waals surface area contributed by atoms with Gasteiger partial charge in [-0.05, 0) is 46.8 Å². The summed E-state index contributed by atoms with van der Waals surface area (Å²) in [7, 11) is 0. The lowest BCUT2D eigenvalue weighted by Crippen LogP contribution is -2.47. The van der Waals surface area contributed by atoms with Crippen LogP contribution in [0.2, 0.25) is 0 Å². The Bertz CT molecular complexity index is 693. The van der Waals surface area contributed by atoms with Gasteiger partial charge in [-0.1, -0.05) is 12.1 Å². The van der Waals surface area contributed by atoms with Crippen molar-refractivity contribution in [3.63, 3.8) is 0 Å². The fraction of sp³-hybridized carbons (Fsp3) is 0.550. The molecule has 1 heterocycles. The highest BCUT2D eigenvalue weighted by atomic mass is 16.5. The average molecular weight is 376 g/mol. The fourth-order valence-electron chi connectivity index (χ4n) is 3.22. The lowest BCUT2D eigenvalue weighted by Gasteiger charge is -2.33. The lowest BCUT2D eigenvalue weighted by molar-refractivity contribution is -0.160. The highest BCUT2D eigenvalue weighted by molar-refractivity contribution is 5.98. The van der Waals surface area contributed by atoms with Gasteiger partial charge >= 0.3 is 5.97 Å². The molecule has 0 aliphatic carbocycles. The number of benzene rings is 1. The largest absolute Gasteiger partial charge is 0.482 e. The van der Waals surface area contributed by atoms with E-state index in [-0.39, 0.29) is 43.5 Å². The molecule has 0 saturated carbocycles. The summed E-state index contributed by atoms with van der Waals surface area (Å²) in [6.45, 7) is 9.40. The van der Waals surface area contributed by atoms with Gasteiger partial charge in [0.2, 0.25) is 0 Å². The molecule has 2 amide bonds. The van der Waals surface area contributed by atoms with E-state index in [1.54, 1.807) is 30.0 Å². The SMILES string of the molecule is CC(C)N(C(=O)[C@@H](C)OC(=O)CCN1C(=O)COc2ccccc21)C(C)C. The van der Waals surface area contributed by atoms with E-state index in [2.05, 4.69) is 0 Å². The summed E-state index contributed by atoms with van der Waals surface area (Å²) in [6.07, 6.45) is -0.865. The summed E-state index contributed by atoms with van der Waals surface area (Å²) in [6, 6.07) is 7.21. The zero-order chi connectivity index (χ0) is 20.1. The summed E-state index contributed by atoms with van der Waals surface area (Å²) >= 11 is 0. The van der Waals surface area contributed by atoms with E-state index >= 15 is 0 Å². The molecule has 7 heteroatoms. The van der Waals surface area contributed by atoms with E-state index in [9.17, 15) is 14.4 Å². The number of para-hydroxylation sites is 2. The Morgan fingerprint density at radius 1 is 1.15 bits per heavy atom. The van der Waals surface area contributed by atoms with Gasteiger partial charge in [0.1, 0.15) is 5.75 Å². The maximum absolute atomic E-state index is 12.6. The van der Waals surface area contributed by atoms with Crippen LogP contribution in [-0.2, 0) is 19.1 Å². The summed E-state index contributed by atoms with van der Waals surface area (Å²) in [4.78, 5) is 40.1. The Hall–Kier alpha value is -2.57. The average Bonchev–Trinajstić information content (AvgIpc) is 2.60. The third kappa shape index (κ3) is 4.99. The Morgan fingerprint density at radius 3 is 2.41 bits per heavy atom. The second-order valence-electron chi connectivity index (χ2n) is 7.12. The number of ether oxygens (including phenoxy) is 2. The maximum atomic E-state index is 12.6. The van der Waals surface area contributed by atoms with Crippen LogP contribution in [0, 0.1) is 0 Å². The minimum absolute atomic E-state index is 0.00104. The van der Waals surface area contributed by atoms with Crippen LogP contribution in [-0.4, -0.2) is 54.0 Å². The first kappa shape index (κ1) is 20.7. The lowest BCUT2D eigenvalue weighted by atomic mass is 10.2. The highest BCUT2D eigenvalue weighted by Gasteiger charge is 2.29. The zero-order valence-electron chi connectivity index (χ0n) is 16.6. The van der Waals surface area contributed by atoms with Crippen LogP contribution in [0.4, 0.5) is 5.69 Å². The van der Waals surface area contributed by atoms with Gasteiger partial charge in [-0.2, -0.15) is 0 Å². The molecule has 0 unspecified atom stereocenters. The normalized spacial score (nSPS) is 14.6. The van der Waals surface area contributed by atoms with E-state index in [0.29, 0.717) is 11.4 Å². The molecule has 0 fully saturated rings. The Balaban J connectivity index is 1.94. The smallest absolute Gasteiger partial charge is 0.308 e. The monoisotopic (exact) mass is 376 g/mol. The number of amides is 2. The second-order valence-corrected chi connectivity index (χ2v) is 7.12. The minimum atomic E-state index is -0.866. The third-order valence-corrected chi connectivity index (χ3v) is 4.37. The van der Waals surface area contributed by atoms with Crippen LogP contribution < -0.4 is 9.64 Å². The van der Waals surface area contributed by atoms with Gasteiger partial charge in [0.05, 0.1) is 12.1 Å². The van der Waals surface area contributed by atoms with Gasteiger partial charge in [0.15, 0.2) is 12.7 Å². The molecule has 0 bridgehead atoms. The molecule has 1 aromatic rings. The van der Waals surface area contributed by atoms with Crippen molar-refractivity contribution in [1.82, 2.24) is 4.90 Å². The van der Waals surface area contributed by atoms with Crippen molar-refractivity contribution in [2.45, 2.75) is 59.2 Å². The van der Waals surface area contributed by atoms with Gasteiger partial charge in [-0.15, -0.1) is 0 Å². The molecule has 1 atom stereocenters. The molecule has 148 valence electrons. The minimum Gasteiger partial charge on any atom is -0.482 e. The van der Waals surface area contributed by atoms with Crippen molar-refractivity contribution in [3.8, 4) is 5.75 Å². The molecule has 7 nitrogen and oxygen atoms in total. The van der Waals surface area contributed by atoms with Crippen molar-refractivity contribution < 1.29 is 23.9 Å². The molecule has 0 saturated heterocycles. The first-order valence-corrected chi connectivity index (χ1v) is 9.26. The first-order chi connectivity index (χ1) is 12.7. The summed E-state index contributed by atoms with van der Waals surface area (Å²) in [5.41, 5.74) is 0.636. The van der Waals surface area contributed by atoms with E-state index in [4.69, 9.17) is 9.47 Å². The number of carbonyl (C=O) groups excluding carboxylic acids is 3. The highest BCUT2D eigenvalue weighted by Crippen LogP contribution is 2.31. The van der Waals surface area contributed by atoms with Crippen LogP contribution >= 0.6 is 0 Å². The van der Waals surface area contributed by atoms with E-state index in [0.717, 1.165) is 0 Å². The van der Waals surface area contributed by atoms with Crippen LogP contribution in [0.5, 0.6) is 5.75 Å². The van der Waals surface area contributed by atoms with Crippen LogP contribution in [0.3, 0.4) is 0 Å². The van der Waals surface area contributed by atoms with Crippen LogP contribution in [0.1, 0.15) is 41.0 Å². The Labute approximate surface area is 160 Å². The second kappa shape index (κ2) is 8.88. The van der Waals surface area contributed by atoms with Crippen LogP contribution in [0.25, 0.3) is 0 Å². The molecule has 0 N–H and O–H groups in total. The van der Waals surface area contributed by atoms with Crippen molar-refractivity contribution in [2.24, 2.45) is 0 Å². The van der Waals surface area contributed by atoms with Gasteiger partial charge in [0.25, 0.3) is 11.8 Å². The number of hydrogen-bond acceptors (Lipinski definition) is 5. The van der Waals surface area contributed by atoms with E-state index in [1.165, 1.54) is 4.90 Å². The van der Waals surface area contributed by atoms with E-state index < -0.39 is 12.1 Å². The van der Waals surface area contributed by atoms with Crippen molar-refractivity contribution in [3.05, 3.63) is 24.3 Å². The number of fused-ring (bicyclic) bond motifs is 1. The molecule has 0 aromatic heterocycles. The molecule has 27 heavy (non-hydrogen) atoms. The summed E-state index contributed by atoms with van der Waals surface area (Å²) in [5, 5.41) is 0. The predicted molar refractivity (Wildman–Crippen MR) is 102 cm³/mol. The maximum Gasteiger partial charge on any atom is 0.308 e. The fourth-order valence-corrected chi connectivity index (χ4v) is 3.22. The Morgan fingerprint density at radius 2 is 1.78 bits per heavy atom. The number of hydrogen-bond donors (Lipinski definition) is 0. The molecular formula is C20H28N2O5. The number of esters is 1. The Kier molecular flexibility index (Phi) is 6.82. The molecule has 0 radical (unpaired) electrons. The molecule has 1 aliphatic rings. The van der Waals surface area contributed by atoms with Crippen molar-refractivity contribution in [2.75, 3.05) is 18.1 Å². The summed E-state index contributed by atoms with van der Waals surface area (Å²) < 4.78 is 10.7. The quantitative estimate of drug-likeness (QED) is 0.683. The van der Waals surface area contributed by atoms with Crippen molar-refractivity contribution in [1.29, 1.82) is 0 Å². The number of rotatable bonds is 7. The number of anilines is 1. The molecule has 2 rings (SSSR count). The molecular weight excluding hydrogens is 348 g/mol. The van der Waals surface area contributed by atoms with Gasteiger partial charge in [-0.25, -0.2) is 0 Å². The van der Waals surface area contributed by atoms with Crippen molar-refractivity contribution >= 4 is 23.5 Å². The third-order valence-electron chi connectivity index (χ3n) is 4.37. The zero-order valence-corrected chi connectivity index (χ0v) is 16.6. The standard InChI is InChI=1S/C20H28N2O5/c1-13(2)22(14(3)4)20(25)15(5)27-19(24)10-11-21-16-8-6-7-9-17(16)26-12-18(21)23/h6-9,13-15H,10-12H2,1-5H3/t15-/m1/s1. The molecule has 1 aromatic carbocycles.